The van der Waals surface area contributed by atoms with Gasteiger partial charge in [-0.05, 0) is 61.4 Å². The third kappa shape index (κ3) is 4.07. The topological polar surface area (TPSA) is 82.6 Å². The van der Waals surface area contributed by atoms with Crippen molar-refractivity contribution < 1.29 is 9.47 Å². The Labute approximate surface area is 175 Å². The molecule has 0 aliphatic carbocycles. The number of nitrogen functional groups attached to an aromatic ring is 1. The first-order chi connectivity index (χ1) is 14.5. The molecule has 4 rings (SSSR count). The van der Waals surface area contributed by atoms with Gasteiger partial charge in [0.25, 0.3) is 0 Å². The molecule has 0 unspecified atom stereocenters. The van der Waals surface area contributed by atoms with E-state index in [-0.39, 0.29) is 12.7 Å². The lowest BCUT2D eigenvalue weighted by molar-refractivity contribution is 0.174. The number of benzene rings is 2. The monoisotopic (exact) mass is 398 g/mol. The predicted molar refractivity (Wildman–Crippen MR) is 121 cm³/mol. The first-order valence-corrected chi connectivity index (χ1v) is 9.55. The Morgan fingerprint density at radius 1 is 1.10 bits per heavy atom. The summed E-state index contributed by atoms with van der Waals surface area (Å²) in [5.74, 6) is 1.74. The van der Waals surface area contributed by atoms with E-state index in [4.69, 9.17) is 15.2 Å². The second-order valence-electron chi connectivity index (χ2n) is 6.85. The predicted octanol–water partition coefficient (Wildman–Crippen LogP) is 5.03. The number of nitrogens with two attached hydrogens (primary N) is 1. The summed E-state index contributed by atoms with van der Waals surface area (Å²) in [5.41, 5.74) is 11.0. The number of allylic oxidation sites excluding steroid dienone is 4. The highest BCUT2D eigenvalue weighted by molar-refractivity contribution is 5.99. The van der Waals surface area contributed by atoms with Crippen LogP contribution < -0.4 is 15.2 Å². The molecule has 0 saturated carbocycles. The van der Waals surface area contributed by atoms with Gasteiger partial charge in [-0.2, -0.15) is 0 Å². The van der Waals surface area contributed by atoms with Crippen LogP contribution in [0.4, 0.5) is 5.95 Å². The fraction of sp³-hybridized carbons (Fsp3) is 0.125. The number of hydrogen-bond donors (Lipinski definition) is 1. The molecule has 30 heavy (non-hydrogen) atoms. The van der Waals surface area contributed by atoms with Gasteiger partial charge >= 0.3 is 0 Å². The minimum Gasteiger partial charge on any atom is -0.454 e. The lowest BCUT2D eigenvalue weighted by Gasteiger charge is -2.05. The minimum atomic E-state index is 0.247. The van der Waals surface area contributed by atoms with Gasteiger partial charge in [-0.15, -0.1) is 0 Å². The fourth-order valence-corrected chi connectivity index (χ4v) is 3.19. The first kappa shape index (κ1) is 19.4. The largest absolute Gasteiger partial charge is 0.454 e. The number of aromatic nitrogens is 2. The molecule has 0 radical (unpaired) electrons. The Bertz CT molecular complexity index is 1230. The minimum absolute atomic E-state index is 0.247. The summed E-state index contributed by atoms with van der Waals surface area (Å²) in [6.07, 6.45) is 7.79. The Balaban J connectivity index is 1.52. The van der Waals surface area contributed by atoms with Crippen molar-refractivity contribution in [2.24, 2.45) is 4.99 Å². The maximum atomic E-state index is 5.66. The first-order valence-electron chi connectivity index (χ1n) is 9.55. The highest BCUT2D eigenvalue weighted by Gasteiger charge is 2.14. The molecule has 2 N–H and O–H groups in total. The molecule has 2 heterocycles. The van der Waals surface area contributed by atoms with Crippen LogP contribution in [0.3, 0.4) is 0 Å². The molecule has 1 aromatic heterocycles. The van der Waals surface area contributed by atoms with Crippen molar-refractivity contribution in [3.8, 4) is 11.5 Å². The number of anilines is 1. The Hall–Kier alpha value is -3.93. The van der Waals surface area contributed by atoms with Crippen molar-refractivity contribution in [2.75, 3.05) is 12.5 Å². The van der Waals surface area contributed by atoms with Crippen LogP contribution in [-0.4, -0.2) is 22.5 Å². The Morgan fingerprint density at radius 2 is 1.90 bits per heavy atom. The third-order valence-electron chi connectivity index (χ3n) is 4.76. The number of rotatable bonds is 5. The van der Waals surface area contributed by atoms with Crippen molar-refractivity contribution in [3.05, 3.63) is 78.5 Å². The van der Waals surface area contributed by atoms with Crippen molar-refractivity contribution in [2.45, 2.75) is 13.8 Å². The molecule has 0 atom stereocenters. The number of fused-ring (bicyclic) bond motifs is 2. The summed E-state index contributed by atoms with van der Waals surface area (Å²) in [4.78, 5) is 12.9. The van der Waals surface area contributed by atoms with E-state index in [9.17, 15) is 0 Å². The summed E-state index contributed by atoms with van der Waals surface area (Å²) < 4.78 is 10.8. The molecule has 3 aromatic rings. The van der Waals surface area contributed by atoms with E-state index < -0.39 is 0 Å². The van der Waals surface area contributed by atoms with E-state index in [2.05, 4.69) is 27.6 Å². The normalized spacial score (nSPS) is 13.9. The summed E-state index contributed by atoms with van der Waals surface area (Å²) in [6.45, 7) is 8.27. The summed E-state index contributed by atoms with van der Waals surface area (Å²) in [6, 6.07) is 11.7. The zero-order chi connectivity index (χ0) is 21.1. The second-order valence-corrected chi connectivity index (χ2v) is 6.85. The molecule has 0 spiro atoms. The lowest BCUT2D eigenvalue weighted by Crippen LogP contribution is -1.94. The average Bonchev–Trinajstić information content (AvgIpc) is 3.22. The molecule has 1 aliphatic heterocycles. The van der Waals surface area contributed by atoms with Crippen LogP contribution in [0.1, 0.15) is 25.0 Å². The van der Waals surface area contributed by atoms with Crippen molar-refractivity contribution in [3.63, 3.8) is 0 Å². The summed E-state index contributed by atoms with van der Waals surface area (Å²) in [7, 11) is 0. The summed E-state index contributed by atoms with van der Waals surface area (Å²) >= 11 is 0. The van der Waals surface area contributed by atoms with E-state index >= 15 is 0 Å². The number of aliphatic imine (C=N–C) groups is 1. The number of hydrogen-bond acceptors (Lipinski definition) is 6. The average molecular weight is 398 g/mol. The Kier molecular flexibility index (Phi) is 5.30. The SMILES string of the molecule is C=C(/N=C(C)/C=C\C(=C/C)c1ccc2nc(N)ncc2c1)c1ccc2c(c1)OCO2. The van der Waals surface area contributed by atoms with Gasteiger partial charge in [0, 0.05) is 22.9 Å². The van der Waals surface area contributed by atoms with Gasteiger partial charge < -0.3 is 15.2 Å². The van der Waals surface area contributed by atoms with Crippen LogP contribution in [0, 0.1) is 0 Å². The molecular weight excluding hydrogens is 376 g/mol. The van der Waals surface area contributed by atoms with Crippen molar-refractivity contribution >= 4 is 33.8 Å². The van der Waals surface area contributed by atoms with Gasteiger partial charge in [-0.25, -0.2) is 9.97 Å². The van der Waals surface area contributed by atoms with Crippen molar-refractivity contribution in [1.29, 1.82) is 0 Å². The zero-order valence-corrected chi connectivity index (χ0v) is 16.9. The van der Waals surface area contributed by atoms with Gasteiger partial charge in [-0.3, -0.25) is 4.99 Å². The molecule has 0 saturated heterocycles. The second kappa shape index (κ2) is 8.21. The zero-order valence-electron chi connectivity index (χ0n) is 16.9. The Morgan fingerprint density at radius 3 is 2.73 bits per heavy atom. The maximum absolute atomic E-state index is 5.66. The molecular formula is C24H22N4O2. The number of nitrogens with zero attached hydrogens (tertiary/aromatic N) is 3. The van der Waals surface area contributed by atoms with Gasteiger partial charge in [0.2, 0.25) is 12.7 Å². The standard InChI is InChI=1S/C24H22N4O2/c1-4-17(19-7-9-21-20(11-19)13-26-24(25)28-21)6-5-15(2)27-16(3)18-8-10-22-23(12-18)30-14-29-22/h4-13H,3,14H2,1-2H3,(H2,25,26,28)/b6-5-,17-4+,27-15+. The molecule has 0 fully saturated rings. The highest BCUT2D eigenvalue weighted by atomic mass is 16.7. The van der Waals surface area contributed by atoms with Crippen LogP contribution in [0.2, 0.25) is 0 Å². The van der Waals surface area contributed by atoms with Crippen LogP contribution in [-0.2, 0) is 0 Å². The van der Waals surface area contributed by atoms with Gasteiger partial charge in [0.15, 0.2) is 11.5 Å². The van der Waals surface area contributed by atoms with Gasteiger partial charge in [0.1, 0.15) is 0 Å². The lowest BCUT2D eigenvalue weighted by atomic mass is 10.0. The number of ether oxygens (including phenoxy) is 2. The molecule has 0 amide bonds. The molecule has 1 aliphatic rings. The molecule has 0 bridgehead atoms. The summed E-state index contributed by atoms with van der Waals surface area (Å²) in [5, 5.41) is 0.941. The smallest absolute Gasteiger partial charge is 0.231 e. The highest BCUT2D eigenvalue weighted by Crippen LogP contribution is 2.34. The van der Waals surface area contributed by atoms with Crippen LogP contribution in [0.5, 0.6) is 11.5 Å². The maximum Gasteiger partial charge on any atom is 0.231 e. The van der Waals surface area contributed by atoms with E-state index in [1.165, 1.54) is 0 Å². The van der Waals surface area contributed by atoms with Crippen LogP contribution in [0.25, 0.3) is 22.2 Å². The molecule has 6 heteroatoms. The van der Waals surface area contributed by atoms with Gasteiger partial charge in [-0.1, -0.05) is 24.8 Å². The molecule has 2 aromatic carbocycles. The third-order valence-corrected chi connectivity index (χ3v) is 4.76. The van der Waals surface area contributed by atoms with Gasteiger partial charge in [0.05, 0.1) is 11.2 Å². The quantitative estimate of drug-likeness (QED) is 0.481. The van der Waals surface area contributed by atoms with Crippen LogP contribution >= 0.6 is 0 Å². The fourth-order valence-electron chi connectivity index (χ4n) is 3.19. The molecule has 150 valence electrons. The van der Waals surface area contributed by atoms with Crippen molar-refractivity contribution in [1.82, 2.24) is 9.97 Å². The van der Waals surface area contributed by atoms with Crippen LogP contribution in [0.15, 0.2) is 72.4 Å². The van der Waals surface area contributed by atoms with E-state index in [1.54, 1.807) is 6.20 Å². The van der Waals surface area contributed by atoms with E-state index in [0.29, 0.717) is 5.70 Å². The molecule has 6 nitrogen and oxygen atoms in total. The van der Waals surface area contributed by atoms with E-state index in [1.807, 2.05) is 62.4 Å². The van der Waals surface area contributed by atoms with E-state index in [0.717, 1.165) is 44.8 Å².